The smallest absolute Gasteiger partial charge is 0.164 e. The van der Waals surface area contributed by atoms with Gasteiger partial charge >= 0.3 is 0 Å². The van der Waals surface area contributed by atoms with Gasteiger partial charge in [0.2, 0.25) is 0 Å². The molecule has 0 spiro atoms. The molecule has 2 heterocycles. The van der Waals surface area contributed by atoms with Gasteiger partial charge in [-0.05, 0) is 64.7 Å². The predicted molar refractivity (Wildman–Crippen MR) is 199 cm³/mol. The minimum absolute atomic E-state index is 0.154. The van der Waals surface area contributed by atoms with E-state index in [-0.39, 0.29) is 5.92 Å². The van der Waals surface area contributed by atoms with Gasteiger partial charge in [0.05, 0.1) is 11.0 Å². The van der Waals surface area contributed by atoms with Crippen molar-refractivity contribution in [1.29, 1.82) is 0 Å². The van der Waals surface area contributed by atoms with Crippen molar-refractivity contribution >= 4 is 27.4 Å². The Morgan fingerprint density at radius 2 is 1.12 bits per heavy atom. The Hall–Kier alpha value is -6.46. The molecule has 8 aromatic rings. The van der Waals surface area contributed by atoms with Crippen molar-refractivity contribution in [2.75, 3.05) is 0 Å². The number of aromatic nitrogens is 5. The number of rotatable bonds is 6. The zero-order valence-electron chi connectivity index (χ0n) is 26.7. The Kier molecular flexibility index (Phi) is 7.21. The Labute approximate surface area is 284 Å². The van der Waals surface area contributed by atoms with Crippen LogP contribution in [0.2, 0.25) is 0 Å². The van der Waals surface area contributed by atoms with Gasteiger partial charge in [0.1, 0.15) is 5.82 Å². The van der Waals surface area contributed by atoms with E-state index in [4.69, 9.17) is 19.9 Å². The maximum absolute atomic E-state index is 5.11. The number of imidazole rings is 1. The van der Waals surface area contributed by atoms with Crippen LogP contribution in [0.15, 0.2) is 170 Å². The molecule has 232 valence electrons. The number of fused-ring (bicyclic) bond motifs is 2. The van der Waals surface area contributed by atoms with Crippen molar-refractivity contribution in [1.82, 2.24) is 24.5 Å². The summed E-state index contributed by atoms with van der Waals surface area (Å²) in [7, 11) is 0. The zero-order valence-corrected chi connectivity index (χ0v) is 26.7. The highest BCUT2D eigenvalue weighted by Crippen LogP contribution is 2.35. The molecular formula is C44H31N5. The van der Waals surface area contributed by atoms with E-state index < -0.39 is 0 Å². The molecule has 5 nitrogen and oxygen atoms in total. The van der Waals surface area contributed by atoms with Crippen LogP contribution in [0.1, 0.15) is 23.7 Å². The molecule has 6 aromatic carbocycles. The third-order valence-corrected chi connectivity index (χ3v) is 9.16. The fourth-order valence-electron chi connectivity index (χ4n) is 6.68. The van der Waals surface area contributed by atoms with Gasteiger partial charge in [-0.3, -0.25) is 4.57 Å². The van der Waals surface area contributed by atoms with Crippen LogP contribution in [0.4, 0.5) is 0 Å². The number of para-hydroxylation sites is 3. The summed E-state index contributed by atoms with van der Waals surface area (Å²) in [6.07, 6.45) is 7.69. The van der Waals surface area contributed by atoms with Crippen LogP contribution in [-0.4, -0.2) is 24.5 Å². The van der Waals surface area contributed by atoms with Gasteiger partial charge in [0.15, 0.2) is 17.5 Å². The Balaban J connectivity index is 1.07. The van der Waals surface area contributed by atoms with Gasteiger partial charge in [0, 0.05) is 28.3 Å². The molecule has 9 rings (SSSR count). The van der Waals surface area contributed by atoms with E-state index in [9.17, 15) is 0 Å². The van der Waals surface area contributed by atoms with Crippen LogP contribution in [0, 0.1) is 0 Å². The van der Waals surface area contributed by atoms with Crippen molar-refractivity contribution in [2.45, 2.75) is 12.3 Å². The molecule has 0 saturated carbocycles. The van der Waals surface area contributed by atoms with E-state index in [0.717, 1.165) is 56.6 Å². The number of nitrogens with zero attached hydrogens (tertiary/aromatic N) is 5. The molecular weight excluding hydrogens is 599 g/mol. The SMILES string of the molecule is C1=CC(c2nc3ccccc3n2-c2ccccc2)CC=C1c1cccc(-c2nc(-c3ccccc3)nc(-c3ccc4ccccc4c3)n2)c1. The van der Waals surface area contributed by atoms with Crippen molar-refractivity contribution in [3.63, 3.8) is 0 Å². The molecule has 2 aromatic heterocycles. The van der Waals surface area contributed by atoms with Crippen LogP contribution in [0.5, 0.6) is 0 Å². The lowest BCUT2D eigenvalue weighted by atomic mass is 9.91. The van der Waals surface area contributed by atoms with E-state index in [1.807, 2.05) is 30.3 Å². The van der Waals surface area contributed by atoms with Crippen molar-refractivity contribution in [2.24, 2.45) is 0 Å². The minimum Gasteiger partial charge on any atom is -0.296 e. The third-order valence-electron chi connectivity index (χ3n) is 9.16. The van der Waals surface area contributed by atoms with Crippen LogP contribution in [-0.2, 0) is 0 Å². The van der Waals surface area contributed by atoms with Gasteiger partial charge in [0.25, 0.3) is 0 Å². The second-order valence-corrected chi connectivity index (χ2v) is 12.3. The monoisotopic (exact) mass is 629 g/mol. The van der Waals surface area contributed by atoms with Crippen molar-refractivity contribution in [3.8, 4) is 39.9 Å². The second kappa shape index (κ2) is 12.3. The summed E-state index contributed by atoms with van der Waals surface area (Å²) in [5.41, 5.74) is 8.41. The molecule has 0 radical (unpaired) electrons. The molecule has 0 aliphatic heterocycles. The normalized spacial score (nSPS) is 14.3. The van der Waals surface area contributed by atoms with Crippen LogP contribution in [0.25, 0.3) is 67.2 Å². The molecule has 1 aliphatic carbocycles. The molecule has 0 saturated heterocycles. The van der Waals surface area contributed by atoms with Gasteiger partial charge in [-0.2, -0.15) is 0 Å². The van der Waals surface area contributed by atoms with E-state index in [2.05, 4.69) is 144 Å². The zero-order chi connectivity index (χ0) is 32.6. The summed E-state index contributed by atoms with van der Waals surface area (Å²) >= 11 is 0. The summed E-state index contributed by atoms with van der Waals surface area (Å²) in [6, 6.07) is 52.2. The second-order valence-electron chi connectivity index (χ2n) is 12.3. The summed E-state index contributed by atoms with van der Waals surface area (Å²) in [5.74, 6) is 3.16. The molecule has 0 bridgehead atoms. The lowest BCUT2D eigenvalue weighted by Gasteiger charge is -2.18. The van der Waals surface area contributed by atoms with E-state index in [0.29, 0.717) is 17.5 Å². The summed E-state index contributed by atoms with van der Waals surface area (Å²) in [5, 5.41) is 2.34. The Bertz CT molecular complexity index is 2530. The molecule has 0 fully saturated rings. The fourth-order valence-corrected chi connectivity index (χ4v) is 6.68. The number of allylic oxidation sites excluding steroid dienone is 4. The molecule has 1 unspecified atom stereocenters. The first-order chi connectivity index (χ1) is 24.3. The molecule has 0 N–H and O–H groups in total. The standard InChI is InChI=1S/C44H31N5/c1-3-13-32(14-4-1)41-46-42(48-43(47-41)37-27-24-30-12-7-8-15-34(30)29-37)36-17-11-16-35(28-36)31-22-25-33(26-23-31)44-45-39-20-9-10-21-40(39)49(44)38-18-5-2-6-19-38/h1-25,27-29,33H,26H2. The van der Waals surface area contributed by atoms with Crippen LogP contribution in [0.3, 0.4) is 0 Å². The highest BCUT2D eigenvalue weighted by molar-refractivity contribution is 5.87. The summed E-state index contributed by atoms with van der Waals surface area (Å²) < 4.78 is 2.29. The predicted octanol–water partition coefficient (Wildman–Crippen LogP) is 10.5. The average Bonchev–Trinajstić information content (AvgIpc) is 3.58. The largest absolute Gasteiger partial charge is 0.296 e. The summed E-state index contributed by atoms with van der Waals surface area (Å²) in [4.78, 5) is 20.1. The Morgan fingerprint density at radius 3 is 1.90 bits per heavy atom. The van der Waals surface area contributed by atoms with E-state index in [1.165, 1.54) is 11.0 Å². The average molecular weight is 630 g/mol. The summed E-state index contributed by atoms with van der Waals surface area (Å²) in [6.45, 7) is 0. The topological polar surface area (TPSA) is 56.5 Å². The molecule has 0 amide bonds. The molecule has 1 atom stereocenters. The molecule has 5 heteroatoms. The first kappa shape index (κ1) is 28.7. The highest BCUT2D eigenvalue weighted by atomic mass is 15.1. The highest BCUT2D eigenvalue weighted by Gasteiger charge is 2.21. The first-order valence-corrected chi connectivity index (χ1v) is 16.6. The lowest BCUT2D eigenvalue weighted by Crippen LogP contribution is -2.07. The van der Waals surface area contributed by atoms with Crippen LogP contribution < -0.4 is 0 Å². The van der Waals surface area contributed by atoms with Gasteiger partial charge in [-0.25, -0.2) is 19.9 Å². The van der Waals surface area contributed by atoms with E-state index >= 15 is 0 Å². The maximum atomic E-state index is 5.11. The van der Waals surface area contributed by atoms with Gasteiger partial charge in [-0.1, -0.05) is 133 Å². The van der Waals surface area contributed by atoms with Gasteiger partial charge < -0.3 is 0 Å². The van der Waals surface area contributed by atoms with Gasteiger partial charge in [-0.15, -0.1) is 0 Å². The maximum Gasteiger partial charge on any atom is 0.164 e. The lowest BCUT2D eigenvalue weighted by molar-refractivity contribution is 0.760. The number of hydrogen-bond acceptors (Lipinski definition) is 4. The number of benzene rings is 6. The number of hydrogen-bond donors (Lipinski definition) is 0. The van der Waals surface area contributed by atoms with Crippen LogP contribution >= 0.6 is 0 Å². The fraction of sp³-hybridized carbons (Fsp3) is 0.0455. The first-order valence-electron chi connectivity index (χ1n) is 16.6. The molecule has 1 aliphatic rings. The Morgan fingerprint density at radius 1 is 0.490 bits per heavy atom. The molecule has 49 heavy (non-hydrogen) atoms. The third kappa shape index (κ3) is 5.51. The minimum atomic E-state index is 0.154. The van der Waals surface area contributed by atoms with Crippen molar-refractivity contribution in [3.05, 3.63) is 181 Å². The van der Waals surface area contributed by atoms with Crippen molar-refractivity contribution < 1.29 is 0 Å². The van der Waals surface area contributed by atoms with E-state index in [1.54, 1.807) is 0 Å². The quantitative estimate of drug-likeness (QED) is 0.184.